The number of hydrogen-bond acceptors (Lipinski definition) is 4. The first-order valence-corrected chi connectivity index (χ1v) is 10.1. The van der Waals surface area contributed by atoms with E-state index in [0.717, 1.165) is 27.7 Å². The van der Waals surface area contributed by atoms with Crippen molar-refractivity contribution in [2.24, 2.45) is 5.10 Å². The predicted octanol–water partition coefficient (Wildman–Crippen LogP) is 6.62. The fraction of sp³-hybridized carbons (Fsp3) is 0.0833. The van der Waals surface area contributed by atoms with Gasteiger partial charge in [-0.05, 0) is 30.5 Å². The molecule has 1 N–H and O–H groups in total. The van der Waals surface area contributed by atoms with E-state index >= 15 is 0 Å². The van der Waals surface area contributed by atoms with Crippen LogP contribution in [0.3, 0.4) is 0 Å². The first-order valence-electron chi connectivity index (χ1n) is 9.18. The number of aromatic nitrogens is 1. The lowest BCUT2D eigenvalue weighted by Crippen LogP contribution is -1.99. The molecule has 0 unspecified atom stereocenters. The standard InChI is InChI=1S/C24H21N3S/c1-17-8-10-19(11-9-17)18(2)26-27-24-25-23(16-28-24)22-14-12-21(13-15-22)20-6-4-3-5-7-20/h3-16H,1-2H3,(H,25,27)/b26-18-. The summed E-state index contributed by atoms with van der Waals surface area (Å²) >= 11 is 1.56. The third kappa shape index (κ3) is 4.18. The zero-order valence-electron chi connectivity index (χ0n) is 15.9. The molecule has 0 amide bonds. The van der Waals surface area contributed by atoms with Crippen molar-refractivity contribution in [2.75, 3.05) is 5.43 Å². The largest absolute Gasteiger partial charge is 0.252 e. The first kappa shape index (κ1) is 18.1. The van der Waals surface area contributed by atoms with Crippen LogP contribution in [-0.4, -0.2) is 10.7 Å². The molecule has 0 spiro atoms. The summed E-state index contributed by atoms with van der Waals surface area (Å²) in [4.78, 5) is 4.66. The summed E-state index contributed by atoms with van der Waals surface area (Å²) in [6.45, 7) is 4.08. The second kappa shape index (κ2) is 8.19. The highest BCUT2D eigenvalue weighted by molar-refractivity contribution is 7.14. The summed E-state index contributed by atoms with van der Waals surface area (Å²) in [5, 5.41) is 7.31. The molecule has 0 radical (unpaired) electrons. The molecule has 3 aromatic carbocycles. The van der Waals surface area contributed by atoms with Crippen molar-refractivity contribution in [3.05, 3.63) is 95.4 Å². The zero-order valence-corrected chi connectivity index (χ0v) is 16.7. The minimum absolute atomic E-state index is 0.786. The Morgan fingerprint density at radius 1 is 0.821 bits per heavy atom. The van der Waals surface area contributed by atoms with Crippen LogP contribution in [0.2, 0.25) is 0 Å². The van der Waals surface area contributed by atoms with Gasteiger partial charge in [-0.15, -0.1) is 11.3 Å². The van der Waals surface area contributed by atoms with E-state index in [-0.39, 0.29) is 0 Å². The fourth-order valence-corrected chi connectivity index (χ4v) is 3.57. The van der Waals surface area contributed by atoms with Crippen molar-refractivity contribution < 1.29 is 0 Å². The molecular formula is C24H21N3S. The number of hydrogen-bond donors (Lipinski definition) is 1. The highest BCUT2D eigenvalue weighted by Crippen LogP contribution is 2.27. The van der Waals surface area contributed by atoms with Gasteiger partial charge in [0.2, 0.25) is 5.13 Å². The number of benzene rings is 3. The molecule has 1 aromatic heterocycles. The summed E-state index contributed by atoms with van der Waals surface area (Å²) in [7, 11) is 0. The van der Waals surface area contributed by atoms with E-state index in [1.807, 2.05) is 13.0 Å². The van der Waals surface area contributed by atoms with Crippen LogP contribution in [0.25, 0.3) is 22.4 Å². The molecule has 0 aliphatic rings. The van der Waals surface area contributed by atoms with Crippen molar-refractivity contribution in [3.63, 3.8) is 0 Å². The van der Waals surface area contributed by atoms with Crippen LogP contribution in [0, 0.1) is 6.92 Å². The number of nitrogens with zero attached hydrogens (tertiary/aromatic N) is 2. The number of thiazole rings is 1. The Bertz CT molecular complexity index is 1080. The topological polar surface area (TPSA) is 37.3 Å². The van der Waals surface area contributed by atoms with Gasteiger partial charge in [0.1, 0.15) is 0 Å². The van der Waals surface area contributed by atoms with E-state index in [1.165, 1.54) is 16.7 Å². The average Bonchev–Trinajstić information content (AvgIpc) is 3.22. The van der Waals surface area contributed by atoms with Crippen LogP contribution in [0.5, 0.6) is 0 Å². The molecule has 0 bridgehead atoms. The number of anilines is 1. The van der Waals surface area contributed by atoms with Crippen molar-refractivity contribution in [2.45, 2.75) is 13.8 Å². The quantitative estimate of drug-likeness (QED) is 0.310. The Kier molecular flexibility index (Phi) is 5.31. The van der Waals surface area contributed by atoms with Crippen molar-refractivity contribution in [1.82, 2.24) is 4.98 Å². The second-order valence-electron chi connectivity index (χ2n) is 6.66. The predicted molar refractivity (Wildman–Crippen MR) is 120 cm³/mol. The number of hydrazone groups is 1. The monoisotopic (exact) mass is 383 g/mol. The minimum Gasteiger partial charge on any atom is -0.252 e. The normalized spacial score (nSPS) is 11.4. The van der Waals surface area contributed by atoms with E-state index in [2.05, 4.69) is 101 Å². The zero-order chi connectivity index (χ0) is 19.3. The summed E-state index contributed by atoms with van der Waals surface area (Å²) in [5.74, 6) is 0. The van der Waals surface area contributed by atoms with Gasteiger partial charge in [0.25, 0.3) is 0 Å². The van der Waals surface area contributed by atoms with Crippen molar-refractivity contribution in [1.29, 1.82) is 0 Å². The number of aryl methyl sites for hydroxylation is 1. The third-order valence-corrected chi connectivity index (χ3v) is 5.33. The lowest BCUT2D eigenvalue weighted by atomic mass is 10.0. The lowest BCUT2D eigenvalue weighted by molar-refractivity contribution is 1.27. The van der Waals surface area contributed by atoms with E-state index in [4.69, 9.17) is 0 Å². The molecule has 0 saturated carbocycles. The molecule has 0 aliphatic heterocycles. The van der Waals surface area contributed by atoms with Crippen LogP contribution in [0.15, 0.2) is 89.3 Å². The number of nitrogens with one attached hydrogen (secondary N) is 1. The van der Waals surface area contributed by atoms with Gasteiger partial charge < -0.3 is 0 Å². The van der Waals surface area contributed by atoms with Gasteiger partial charge in [0.05, 0.1) is 11.4 Å². The molecule has 0 atom stereocenters. The van der Waals surface area contributed by atoms with Crippen LogP contribution in [0.1, 0.15) is 18.1 Å². The Hall–Kier alpha value is -3.24. The molecule has 1 heterocycles. The minimum atomic E-state index is 0.786. The van der Waals surface area contributed by atoms with Gasteiger partial charge in [-0.25, -0.2) is 4.98 Å². The maximum absolute atomic E-state index is 4.66. The third-order valence-electron chi connectivity index (χ3n) is 4.58. The smallest absolute Gasteiger partial charge is 0.203 e. The maximum atomic E-state index is 4.66. The van der Waals surface area contributed by atoms with Gasteiger partial charge in [0, 0.05) is 10.9 Å². The van der Waals surface area contributed by atoms with E-state index in [9.17, 15) is 0 Å². The van der Waals surface area contributed by atoms with E-state index in [1.54, 1.807) is 11.3 Å². The van der Waals surface area contributed by atoms with Crippen LogP contribution < -0.4 is 5.43 Å². The summed E-state index contributed by atoms with van der Waals surface area (Å²) in [6, 6.07) is 27.2. The van der Waals surface area contributed by atoms with Gasteiger partial charge in [0.15, 0.2) is 0 Å². The lowest BCUT2D eigenvalue weighted by Gasteiger charge is -2.03. The maximum Gasteiger partial charge on any atom is 0.203 e. The van der Waals surface area contributed by atoms with Gasteiger partial charge in [-0.3, -0.25) is 5.43 Å². The molecule has 4 rings (SSSR count). The van der Waals surface area contributed by atoms with Gasteiger partial charge in [-0.1, -0.05) is 84.4 Å². The summed E-state index contributed by atoms with van der Waals surface area (Å²) in [5.41, 5.74) is 10.8. The van der Waals surface area contributed by atoms with Crippen LogP contribution in [-0.2, 0) is 0 Å². The Labute approximate surface area is 169 Å². The van der Waals surface area contributed by atoms with Crippen LogP contribution in [0.4, 0.5) is 5.13 Å². The number of rotatable bonds is 5. The molecule has 3 nitrogen and oxygen atoms in total. The molecule has 4 aromatic rings. The molecule has 0 aliphatic carbocycles. The Balaban J connectivity index is 1.47. The first-order chi connectivity index (χ1) is 13.7. The van der Waals surface area contributed by atoms with Crippen molar-refractivity contribution >= 4 is 22.2 Å². The Morgan fingerprint density at radius 3 is 2.18 bits per heavy atom. The fourth-order valence-electron chi connectivity index (χ4n) is 2.91. The second-order valence-corrected chi connectivity index (χ2v) is 7.51. The van der Waals surface area contributed by atoms with Crippen molar-refractivity contribution in [3.8, 4) is 22.4 Å². The molecule has 28 heavy (non-hydrogen) atoms. The van der Waals surface area contributed by atoms with Gasteiger partial charge in [-0.2, -0.15) is 5.10 Å². The highest BCUT2D eigenvalue weighted by Gasteiger charge is 2.05. The molecule has 0 fully saturated rings. The van der Waals surface area contributed by atoms with E-state index in [0.29, 0.717) is 0 Å². The summed E-state index contributed by atoms with van der Waals surface area (Å²) < 4.78 is 0. The molecular weight excluding hydrogens is 362 g/mol. The Morgan fingerprint density at radius 2 is 1.46 bits per heavy atom. The molecule has 4 heteroatoms. The summed E-state index contributed by atoms with van der Waals surface area (Å²) in [6.07, 6.45) is 0. The SMILES string of the molecule is C/C(=N/Nc1nc(-c2ccc(-c3ccccc3)cc2)cs1)c1ccc(C)cc1. The van der Waals surface area contributed by atoms with Crippen LogP contribution >= 0.6 is 11.3 Å². The van der Waals surface area contributed by atoms with E-state index < -0.39 is 0 Å². The average molecular weight is 384 g/mol. The highest BCUT2D eigenvalue weighted by atomic mass is 32.1. The van der Waals surface area contributed by atoms with Gasteiger partial charge >= 0.3 is 0 Å². The molecule has 138 valence electrons. The molecule has 0 saturated heterocycles.